The predicted molar refractivity (Wildman–Crippen MR) is 127 cm³/mol. The Morgan fingerprint density at radius 2 is 1.94 bits per heavy atom. The molecule has 1 aliphatic carbocycles. The van der Waals surface area contributed by atoms with E-state index in [0.29, 0.717) is 19.0 Å². The number of nitrogens with zero attached hydrogens (tertiary/aromatic N) is 2. The van der Waals surface area contributed by atoms with E-state index < -0.39 is 0 Å². The van der Waals surface area contributed by atoms with Gasteiger partial charge in [0.15, 0.2) is 0 Å². The monoisotopic (exact) mass is 430 g/mol. The Balaban J connectivity index is 1.34. The lowest BCUT2D eigenvalue weighted by molar-refractivity contribution is -0.122. The zero-order valence-corrected chi connectivity index (χ0v) is 19.3. The molecular formula is C25H42N4O2. The summed E-state index contributed by atoms with van der Waals surface area (Å²) in [7, 11) is 0. The maximum Gasteiger partial charge on any atom is 0.220 e. The fourth-order valence-electron chi connectivity index (χ4n) is 4.92. The molecule has 31 heavy (non-hydrogen) atoms. The third-order valence-electron chi connectivity index (χ3n) is 7.05. The molecule has 1 aromatic rings. The summed E-state index contributed by atoms with van der Waals surface area (Å²) >= 11 is 0. The Hall–Kier alpha value is -1.63. The number of aliphatic hydroxyl groups is 1. The highest BCUT2D eigenvalue weighted by Crippen LogP contribution is 2.28. The number of hydrogen-bond donors (Lipinski definition) is 3. The first-order valence-electron chi connectivity index (χ1n) is 12.3. The molecule has 6 heteroatoms. The van der Waals surface area contributed by atoms with Gasteiger partial charge in [-0.05, 0) is 81.6 Å². The second-order valence-electron chi connectivity index (χ2n) is 9.31. The summed E-state index contributed by atoms with van der Waals surface area (Å²) in [5.74, 6) is 0.962. The average molecular weight is 431 g/mol. The third kappa shape index (κ3) is 7.48. The van der Waals surface area contributed by atoms with Crippen LogP contribution in [0.25, 0.3) is 0 Å². The molecule has 1 saturated carbocycles. The number of nitrogens with two attached hydrogens (primary N) is 1. The van der Waals surface area contributed by atoms with E-state index in [1.807, 2.05) is 13.0 Å². The highest BCUT2D eigenvalue weighted by molar-refractivity contribution is 5.76. The standard InChI is InChI=1S/C25H42N4O2/c1-2-24(30)21-5-3-6-23(19-21)29-17-15-28(16-18-29)14-12-20-8-10-22(11-9-20)27-25(31)7-4-13-26/h3,5-6,19-20,22,24,30H,2,4,7-18,26H2,1H3,(H,27,31)/t20-,22-,24?. The van der Waals surface area contributed by atoms with E-state index in [1.54, 1.807) is 0 Å². The van der Waals surface area contributed by atoms with Crippen molar-refractivity contribution in [2.24, 2.45) is 11.7 Å². The first kappa shape index (κ1) is 24.0. The van der Waals surface area contributed by atoms with Crippen LogP contribution < -0.4 is 16.0 Å². The molecule has 0 bridgehead atoms. The Bertz CT molecular complexity index is 667. The number of anilines is 1. The molecule has 6 nitrogen and oxygen atoms in total. The van der Waals surface area contributed by atoms with Crippen LogP contribution in [0.5, 0.6) is 0 Å². The minimum absolute atomic E-state index is 0.168. The summed E-state index contributed by atoms with van der Waals surface area (Å²) in [5, 5.41) is 13.3. The van der Waals surface area contributed by atoms with Crippen molar-refractivity contribution < 1.29 is 9.90 Å². The van der Waals surface area contributed by atoms with Crippen LogP contribution in [0.1, 0.15) is 70.0 Å². The third-order valence-corrected chi connectivity index (χ3v) is 7.05. The van der Waals surface area contributed by atoms with Crippen LogP contribution in [0, 0.1) is 5.92 Å². The van der Waals surface area contributed by atoms with Crippen LogP contribution in [0.2, 0.25) is 0 Å². The summed E-state index contributed by atoms with van der Waals surface area (Å²) in [6.45, 7) is 8.09. The summed E-state index contributed by atoms with van der Waals surface area (Å²) in [6.07, 6.45) is 7.69. The van der Waals surface area contributed by atoms with Crippen molar-refractivity contribution in [2.45, 2.75) is 70.4 Å². The first-order chi connectivity index (χ1) is 15.1. The SMILES string of the molecule is CCC(O)c1cccc(N2CCN(CC[C@H]3CC[C@H](NC(=O)CCCN)CC3)CC2)c1. The average Bonchev–Trinajstić information content (AvgIpc) is 2.82. The molecule has 174 valence electrons. The van der Waals surface area contributed by atoms with Crippen molar-refractivity contribution in [1.29, 1.82) is 0 Å². The Morgan fingerprint density at radius 1 is 1.19 bits per heavy atom. The highest BCUT2D eigenvalue weighted by atomic mass is 16.3. The Labute approximate surface area is 188 Å². The number of hydrogen-bond acceptors (Lipinski definition) is 5. The molecule has 1 atom stereocenters. The number of amides is 1. The lowest BCUT2D eigenvalue weighted by Gasteiger charge is -2.37. The van der Waals surface area contributed by atoms with Gasteiger partial charge in [-0.25, -0.2) is 0 Å². The minimum Gasteiger partial charge on any atom is -0.388 e. The zero-order chi connectivity index (χ0) is 22.1. The number of carbonyl (C=O) groups is 1. The van der Waals surface area contributed by atoms with Crippen LogP contribution in [0.3, 0.4) is 0 Å². The number of piperazine rings is 1. The molecule has 1 heterocycles. The van der Waals surface area contributed by atoms with Gasteiger partial charge >= 0.3 is 0 Å². The number of benzene rings is 1. The fourth-order valence-corrected chi connectivity index (χ4v) is 4.92. The van der Waals surface area contributed by atoms with E-state index in [9.17, 15) is 9.90 Å². The second kappa shape index (κ2) is 12.4. The number of rotatable bonds is 10. The van der Waals surface area contributed by atoms with Gasteiger partial charge in [0.2, 0.25) is 5.91 Å². The second-order valence-corrected chi connectivity index (χ2v) is 9.31. The van der Waals surface area contributed by atoms with E-state index in [4.69, 9.17) is 5.73 Å². The van der Waals surface area contributed by atoms with Crippen molar-refractivity contribution in [3.8, 4) is 0 Å². The summed E-state index contributed by atoms with van der Waals surface area (Å²) in [6, 6.07) is 8.76. The molecule has 2 aliphatic rings. The van der Waals surface area contributed by atoms with Gasteiger partial charge < -0.3 is 21.1 Å². The molecule has 1 unspecified atom stereocenters. The lowest BCUT2D eigenvalue weighted by Crippen LogP contribution is -2.47. The van der Waals surface area contributed by atoms with Gasteiger partial charge in [0.25, 0.3) is 0 Å². The van der Waals surface area contributed by atoms with Crippen molar-refractivity contribution in [3.63, 3.8) is 0 Å². The predicted octanol–water partition coefficient (Wildman–Crippen LogP) is 3.06. The Kier molecular flexibility index (Phi) is 9.62. The quantitative estimate of drug-likeness (QED) is 0.531. The summed E-state index contributed by atoms with van der Waals surface area (Å²) in [5.41, 5.74) is 7.74. The number of nitrogens with one attached hydrogen (secondary N) is 1. The molecule has 1 amide bonds. The fraction of sp³-hybridized carbons (Fsp3) is 0.720. The highest BCUT2D eigenvalue weighted by Gasteiger charge is 2.24. The molecule has 0 radical (unpaired) electrons. The van der Waals surface area contributed by atoms with Crippen molar-refractivity contribution in [3.05, 3.63) is 29.8 Å². The van der Waals surface area contributed by atoms with Crippen molar-refractivity contribution >= 4 is 11.6 Å². The van der Waals surface area contributed by atoms with Crippen LogP contribution in [0.15, 0.2) is 24.3 Å². The first-order valence-corrected chi connectivity index (χ1v) is 12.3. The molecule has 0 spiro atoms. The van der Waals surface area contributed by atoms with Gasteiger partial charge in [0.05, 0.1) is 6.10 Å². The van der Waals surface area contributed by atoms with Crippen LogP contribution in [-0.2, 0) is 4.79 Å². The molecule has 1 aromatic carbocycles. The molecule has 0 aromatic heterocycles. The molecule has 1 aliphatic heterocycles. The van der Waals surface area contributed by atoms with Crippen molar-refractivity contribution in [1.82, 2.24) is 10.2 Å². The van der Waals surface area contributed by atoms with Crippen LogP contribution >= 0.6 is 0 Å². The molecule has 1 saturated heterocycles. The van der Waals surface area contributed by atoms with Gasteiger partial charge in [-0.1, -0.05) is 19.1 Å². The van der Waals surface area contributed by atoms with Crippen LogP contribution in [0.4, 0.5) is 5.69 Å². The van der Waals surface area contributed by atoms with E-state index in [1.165, 1.54) is 31.5 Å². The Morgan fingerprint density at radius 3 is 2.61 bits per heavy atom. The van der Waals surface area contributed by atoms with E-state index in [-0.39, 0.29) is 12.0 Å². The van der Waals surface area contributed by atoms with Crippen LogP contribution in [-0.4, -0.2) is 61.2 Å². The smallest absolute Gasteiger partial charge is 0.220 e. The normalized spacial score (nSPS) is 23.5. The van der Waals surface area contributed by atoms with Gasteiger partial charge in [0.1, 0.15) is 0 Å². The summed E-state index contributed by atoms with van der Waals surface area (Å²) in [4.78, 5) is 16.9. The number of carbonyl (C=O) groups excluding carboxylic acids is 1. The van der Waals surface area contributed by atoms with Gasteiger partial charge in [-0.2, -0.15) is 0 Å². The minimum atomic E-state index is -0.365. The zero-order valence-electron chi connectivity index (χ0n) is 19.3. The summed E-state index contributed by atoms with van der Waals surface area (Å²) < 4.78 is 0. The van der Waals surface area contributed by atoms with E-state index in [0.717, 1.165) is 63.3 Å². The van der Waals surface area contributed by atoms with E-state index in [2.05, 4.69) is 33.3 Å². The number of aliphatic hydroxyl groups excluding tert-OH is 1. The molecule has 4 N–H and O–H groups in total. The molecule has 2 fully saturated rings. The van der Waals surface area contributed by atoms with Crippen molar-refractivity contribution in [2.75, 3.05) is 44.2 Å². The maximum absolute atomic E-state index is 11.9. The lowest BCUT2D eigenvalue weighted by atomic mass is 9.84. The van der Waals surface area contributed by atoms with Gasteiger partial charge in [0, 0.05) is 44.3 Å². The maximum atomic E-state index is 11.9. The topological polar surface area (TPSA) is 81.8 Å². The van der Waals surface area contributed by atoms with Gasteiger partial charge in [-0.15, -0.1) is 0 Å². The molecule has 3 rings (SSSR count). The van der Waals surface area contributed by atoms with Gasteiger partial charge in [-0.3, -0.25) is 9.69 Å². The molecular weight excluding hydrogens is 388 g/mol. The largest absolute Gasteiger partial charge is 0.388 e. The van der Waals surface area contributed by atoms with E-state index >= 15 is 0 Å².